The van der Waals surface area contributed by atoms with Crippen LogP contribution in [0.1, 0.15) is 43.1 Å². The van der Waals surface area contributed by atoms with Crippen molar-refractivity contribution < 1.29 is 19.1 Å². The molecule has 0 unspecified atom stereocenters. The van der Waals surface area contributed by atoms with Crippen molar-refractivity contribution in [1.82, 2.24) is 0 Å². The van der Waals surface area contributed by atoms with Gasteiger partial charge in [0.15, 0.2) is 0 Å². The number of nitrogens with one attached hydrogen (secondary N) is 1. The van der Waals surface area contributed by atoms with E-state index in [1.165, 1.54) is 0 Å². The largest absolute Gasteiger partial charge is 0.494 e. The van der Waals surface area contributed by atoms with E-state index in [1.54, 1.807) is 38.1 Å². The zero-order valence-corrected chi connectivity index (χ0v) is 15.5. The Morgan fingerprint density at radius 3 is 2.23 bits per heavy atom. The highest BCUT2D eigenvalue weighted by atomic mass is 16.5. The highest BCUT2D eigenvalue weighted by Gasteiger charge is 2.09. The number of rotatable bonds is 8. The molecule has 0 radical (unpaired) electrons. The summed E-state index contributed by atoms with van der Waals surface area (Å²) < 4.78 is 10.5. The Morgan fingerprint density at radius 1 is 1.00 bits per heavy atom. The number of ether oxygens (including phenoxy) is 2. The maximum Gasteiger partial charge on any atom is 0.338 e. The van der Waals surface area contributed by atoms with Gasteiger partial charge in [-0.05, 0) is 69.2 Å². The fourth-order valence-corrected chi connectivity index (χ4v) is 2.37. The summed E-state index contributed by atoms with van der Waals surface area (Å²) in [5, 5.41) is 2.84. The second-order valence-electron chi connectivity index (χ2n) is 6.16. The van der Waals surface area contributed by atoms with Gasteiger partial charge < -0.3 is 14.8 Å². The van der Waals surface area contributed by atoms with Gasteiger partial charge in [0.05, 0.1) is 18.3 Å². The second kappa shape index (κ2) is 9.61. The van der Waals surface area contributed by atoms with Gasteiger partial charge in [-0.1, -0.05) is 12.1 Å². The van der Waals surface area contributed by atoms with Crippen LogP contribution in [0.2, 0.25) is 0 Å². The Morgan fingerprint density at radius 2 is 1.65 bits per heavy atom. The highest BCUT2D eigenvalue weighted by molar-refractivity contribution is 5.93. The molecule has 0 heterocycles. The van der Waals surface area contributed by atoms with E-state index < -0.39 is 0 Å². The molecule has 2 aromatic carbocycles. The fourth-order valence-electron chi connectivity index (χ4n) is 2.37. The number of benzene rings is 2. The molecule has 0 fully saturated rings. The van der Waals surface area contributed by atoms with Crippen molar-refractivity contribution in [2.45, 2.75) is 39.7 Å². The lowest BCUT2D eigenvalue weighted by Crippen LogP contribution is -2.13. The average molecular weight is 355 g/mol. The Kier molecular flexibility index (Phi) is 7.21. The molecular formula is C21H25NO4. The van der Waals surface area contributed by atoms with Gasteiger partial charge in [0.2, 0.25) is 5.91 Å². The summed E-state index contributed by atoms with van der Waals surface area (Å²) in [5.41, 5.74) is 2.20. The van der Waals surface area contributed by atoms with Crippen LogP contribution in [0.25, 0.3) is 0 Å². The van der Waals surface area contributed by atoms with E-state index >= 15 is 0 Å². The molecule has 0 atom stereocenters. The minimum atomic E-state index is -0.367. The molecule has 138 valence electrons. The summed E-state index contributed by atoms with van der Waals surface area (Å²) in [6.45, 7) is 6.18. The molecule has 26 heavy (non-hydrogen) atoms. The summed E-state index contributed by atoms with van der Waals surface area (Å²) in [7, 11) is 0. The molecule has 2 rings (SSSR count). The van der Waals surface area contributed by atoms with Gasteiger partial charge in [-0.3, -0.25) is 4.79 Å². The molecule has 0 aromatic heterocycles. The fraction of sp³-hybridized carbons (Fsp3) is 0.333. The van der Waals surface area contributed by atoms with Crippen LogP contribution in [0.4, 0.5) is 5.69 Å². The van der Waals surface area contributed by atoms with Gasteiger partial charge in [-0.15, -0.1) is 0 Å². The monoisotopic (exact) mass is 355 g/mol. The van der Waals surface area contributed by atoms with E-state index in [0.29, 0.717) is 30.7 Å². The number of hydrogen-bond acceptors (Lipinski definition) is 4. The van der Waals surface area contributed by atoms with Crippen molar-refractivity contribution in [3.63, 3.8) is 0 Å². The van der Waals surface area contributed by atoms with Crippen molar-refractivity contribution in [3.05, 3.63) is 59.7 Å². The van der Waals surface area contributed by atoms with Crippen LogP contribution in [0.5, 0.6) is 5.75 Å². The van der Waals surface area contributed by atoms with Crippen LogP contribution in [0.15, 0.2) is 48.5 Å². The van der Waals surface area contributed by atoms with Crippen LogP contribution in [0, 0.1) is 0 Å². The zero-order valence-electron chi connectivity index (χ0n) is 15.5. The number of amides is 1. The Balaban J connectivity index is 1.82. The van der Waals surface area contributed by atoms with Gasteiger partial charge in [-0.25, -0.2) is 4.79 Å². The minimum absolute atomic E-state index is 0.0728. The minimum Gasteiger partial charge on any atom is -0.494 e. The maximum absolute atomic E-state index is 12.1. The molecule has 0 aliphatic rings. The Bertz CT molecular complexity index is 721. The first-order valence-electron chi connectivity index (χ1n) is 8.80. The van der Waals surface area contributed by atoms with Gasteiger partial charge in [-0.2, -0.15) is 0 Å². The predicted octanol–water partition coefficient (Wildman–Crippen LogP) is 4.22. The van der Waals surface area contributed by atoms with Crippen LogP contribution >= 0.6 is 0 Å². The Labute approximate surface area is 154 Å². The zero-order chi connectivity index (χ0) is 18.9. The van der Waals surface area contributed by atoms with E-state index in [2.05, 4.69) is 5.32 Å². The molecule has 5 heteroatoms. The molecular weight excluding hydrogens is 330 g/mol. The molecule has 2 aromatic rings. The third kappa shape index (κ3) is 6.24. The third-order valence-corrected chi connectivity index (χ3v) is 3.62. The van der Waals surface area contributed by atoms with Crippen molar-refractivity contribution in [1.29, 1.82) is 0 Å². The van der Waals surface area contributed by atoms with Crippen LogP contribution in [0.3, 0.4) is 0 Å². The topological polar surface area (TPSA) is 64.6 Å². The molecule has 5 nitrogen and oxygen atoms in total. The van der Waals surface area contributed by atoms with E-state index in [-0.39, 0.29) is 18.0 Å². The standard InChI is InChI=1S/C21H25NO4/c1-4-25-19-12-5-16(6-13-19)7-14-20(23)22-18-10-8-17(9-11-18)21(24)26-15(2)3/h5-6,8-13,15H,4,7,14H2,1-3H3,(H,22,23). The van der Waals surface area contributed by atoms with Gasteiger partial charge in [0, 0.05) is 12.1 Å². The van der Waals surface area contributed by atoms with E-state index in [9.17, 15) is 9.59 Å². The quantitative estimate of drug-likeness (QED) is 0.720. The normalized spacial score (nSPS) is 10.5. The second-order valence-corrected chi connectivity index (χ2v) is 6.16. The van der Waals surface area contributed by atoms with E-state index in [4.69, 9.17) is 9.47 Å². The van der Waals surface area contributed by atoms with Crippen molar-refractivity contribution >= 4 is 17.6 Å². The number of esters is 1. The number of aryl methyl sites for hydroxylation is 1. The summed E-state index contributed by atoms with van der Waals surface area (Å²) in [6.07, 6.45) is 0.867. The van der Waals surface area contributed by atoms with Crippen LogP contribution in [-0.2, 0) is 16.0 Å². The molecule has 0 spiro atoms. The van der Waals surface area contributed by atoms with Gasteiger partial charge in [0.25, 0.3) is 0 Å². The number of hydrogen-bond donors (Lipinski definition) is 1. The molecule has 0 bridgehead atoms. The summed E-state index contributed by atoms with van der Waals surface area (Å²) in [6, 6.07) is 14.4. The lowest BCUT2D eigenvalue weighted by atomic mass is 10.1. The Hall–Kier alpha value is -2.82. The summed E-state index contributed by atoms with van der Waals surface area (Å²) in [5.74, 6) is 0.390. The predicted molar refractivity (Wildman–Crippen MR) is 102 cm³/mol. The molecule has 0 saturated heterocycles. The first kappa shape index (κ1) is 19.5. The number of carbonyl (C=O) groups is 2. The van der Waals surface area contributed by atoms with Gasteiger partial charge >= 0.3 is 5.97 Å². The lowest BCUT2D eigenvalue weighted by Gasteiger charge is -2.09. The van der Waals surface area contributed by atoms with Crippen LogP contribution < -0.4 is 10.1 Å². The average Bonchev–Trinajstić information content (AvgIpc) is 2.61. The van der Waals surface area contributed by atoms with Crippen LogP contribution in [-0.4, -0.2) is 24.6 Å². The maximum atomic E-state index is 12.1. The number of carbonyl (C=O) groups excluding carboxylic acids is 2. The molecule has 0 aliphatic carbocycles. The van der Waals surface area contributed by atoms with Crippen molar-refractivity contribution in [3.8, 4) is 5.75 Å². The third-order valence-electron chi connectivity index (χ3n) is 3.62. The smallest absolute Gasteiger partial charge is 0.338 e. The lowest BCUT2D eigenvalue weighted by molar-refractivity contribution is -0.116. The van der Waals surface area contributed by atoms with Gasteiger partial charge in [0.1, 0.15) is 5.75 Å². The highest BCUT2D eigenvalue weighted by Crippen LogP contribution is 2.15. The first-order valence-corrected chi connectivity index (χ1v) is 8.80. The summed E-state index contributed by atoms with van der Waals surface area (Å²) >= 11 is 0. The molecule has 1 amide bonds. The molecule has 1 N–H and O–H groups in total. The van der Waals surface area contributed by atoms with Crippen molar-refractivity contribution in [2.75, 3.05) is 11.9 Å². The SMILES string of the molecule is CCOc1ccc(CCC(=O)Nc2ccc(C(=O)OC(C)C)cc2)cc1. The molecule has 0 saturated carbocycles. The molecule has 0 aliphatic heterocycles. The number of anilines is 1. The summed E-state index contributed by atoms with van der Waals surface area (Å²) in [4.78, 5) is 23.9. The first-order chi connectivity index (χ1) is 12.5. The van der Waals surface area contributed by atoms with Crippen molar-refractivity contribution in [2.24, 2.45) is 0 Å². The van der Waals surface area contributed by atoms with E-state index in [1.807, 2.05) is 31.2 Å². The van der Waals surface area contributed by atoms with E-state index in [0.717, 1.165) is 11.3 Å².